The predicted molar refractivity (Wildman–Crippen MR) is 76.2 cm³/mol. The van der Waals surface area contributed by atoms with Crippen LogP contribution in [-0.2, 0) is 49.3 Å². The van der Waals surface area contributed by atoms with Crippen molar-refractivity contribution in [3.8, 4) is 0 Å². The van der Waals surface area contributed by atoms with Crippen LogP contribution in [0.2, 0.25) is 0 Å². The predicted octanol–water partition coefficient (Wildman–Crippen LogP) is 2.81. The Morgan fingerprint density at radius 3 is 2.42 bits per heavy atom. The summed E-state index contributed by atoms with van der Waals surface area (Å²) in [6, 6.07) is 12.0. The zero-order valence-corrected chi connectivity index (χ0v) is 14.8. The Balaban J connectivity index is 0.00000162. The molecule has 3 nitrogen and oxygen atoms in total. The Morgan fingerprint density at radius 2 is 1.79 bits per heavy atom. The van der Waals surface area contributed by atoms with Crippen molar-refractivity contribution in [2.75, 3.05) is 0 Å². The van der Waals surface area contributed by atoms with E-state index in [1.165, 1.54) is 0 Å². The third-order valence-electron chi connectivity index (χ3n) is 2.79. The zero-order chi connectivity index (χ0) is 12.5. The number of benzene rings is 2. The van der Waals surface area contributed by atoms with E-state index in [1.54, 1.807) is 0 Å². The van der Waals surface area contributed by atoms with Gasteiger partial charge in [-0.3, -0.25) is 0 Å². The minimum atomic E-state index is -3.39. The summed E-state index contributed by atoms with van der Waals surface area (Å²) in [6.45, 7) is 2.28. The Bertz CT molecular complexity index is 654. The molecule has 2 aromatic carbocycles. The second kappa shape index (κ2) is 7.48. The molecular formula is C14H17NO2SY-2. The number of fused-ring (bicyclic) bond motifs is 1. The summed E-state index contributed by atoms with van der Waals surface area (Å²) in [4.78, 5) is 0. The molecule has 0 spiro atoms. The first kappa shape index (κ1) is 18.7. The third kappa shape index (κ3) is 4.95. The van der Waals surface area contributed by atoms with Crippen molar-refractivity contribution < 1.29 is 41.1 Å². The van der Waals surface area contributed by atoms with Crippen molar-refractivity contribution >= 4 is 20.8 Å². The van der Waals surface area contributed by atoms with E-state index in [-0.39, 0.29) is 46.7 Å². The summed E-state index contributed by atoms with van der Waals surface area (Å²) in [7, 11) is -3.39. The minimum Gasteiger partial charge on any atom is -0.358 e. The van der Waals surface area contributed by atoms with Gasteiger partial charge in [0, 0.05) is 39.3 Å². The number of hydrogen-bond acceptors (Lipinski definition) is 2. The molecular weight excluding hydrogens is 335 g/mol. The molecule has 5 heteroatoms. The standard InChI is InChI=1S/C13H14NO2S.CH3.Y/c1-10-12(9-14-17(2,15)16)8-7-11-5-3-4-6-13(10)11;;/h3-8,14H,2,9H2,1H3;1H3;/q2*-1;. The fourth-order valence-electron chi connectivity index (χ4n) is 1.85. The van der Waals surface area contributed by atoms with Crippen molar-refractivity contribution in [2.24, 2.45) is 0 Å². The molecule has 0 aliphatic rings. The largest absolute Gasteiger partial charge is 0.358 e. The number of nitrogens with one attached hydrogen (secondary N) is 1. The molecule has 19 heavy (non-hydrogen) atoms. The molecule has 0 bridgehead atoms. The molecule has 101 valence electrons. The van der Waals surface area contributed by atoms with Crippen molar-refractivity contribution in [3.05, 3.63) is 61.2 Å². The quantitative estimate of drug-likeness (QED) is 0.864. The van der Waals surface area contributed by atoms with Crippen molar-refractivity contribution in [1.82, 2.24) is 4.72 Å². The van der Waals surface area contributed by atoms with Gasteiger partial charge in [0.1, 0.15) is 0 Å². The monoisotopic (exact) mass is 352 g/mol. The first-order valence-electron chi connectivity index (χ1n) is 5.27. The molecule has 0 aliphatic carbocycles. The van der Waals surface area contributed by atoms with E-state index < -0.39 is 10.0 Å². The van der Waals surface area contributed by atoms with Gasteiger partial charge in [0.15, 0.2) is 0 Å². The van der Waals surface area contributed by atoms with Crippen LogP contribution in [0, 0.1) is 20.6 Å². The van der Waals surface area contributed by atoms with Crippen molar-refractivity contribution in [2.45, 2.75) is 13.5 Å². The third-order valence-corrected chi connectivity index (χ3v) is 3.38. The summed E-state index contributed by atoms with van der Waals surface area (Å²) in [5, 5.41) is 2.31. The maximum absolute atomic E-state index is 11.0. The first-order chi connectivity index (χ1) is 7.97. The van der Waals surface area contributed by atoms with Crippen LogP contribution in [0.1, 0.15) is 11.1 Å². The molecule has 2 rings (SSSR count). The molecule has 0 saturated carbocycles. The van der Waals surface area contributed by atoms with E-state index >= 15 is 0 Å². The van der Waals surface area contributed by atoms with Crippen molar-refractivity contribution in [3.63, 3.8) is 0 Å². The zero-order valence-electron chi connectivity index (χ0n) is 11.2. The molecule has 0 unspecified atom stereocenters. The smallest absolute Gasteiger partial charge is 0.0799 e. The Morgan fingerprint density at radius 1 is 1.16 bits per heavy atom. The van der Waals surface area contributed by atoms with Gasteiger partial charge < -0.3 is 7.43 Å². The molecule has 0 atom stereocenters. The Labute approximate surface area is 140 Å². The van der Waals surface area contributed by atoms with E-state index in [1.807, 2.05) is 43.3 Å². The van der Waals surface area contributed by atoms with Crippen LogP contribution in [0.4, 0.5) is 0 Å². The number of rotatable bonds is 3. The van der Waals surface area contributed by atoms with Crippen LogP contribution < -0.4 is 4.72 Å². The molecule has 0 heterocycles. The van der Waals surface area contributed by atoms with Gasteiger partial charge in [-0.15, -0.1) is 0 Å². The molecule has 0 aromatic heterocycles. The minimum absolute atomic E-state index is 0. The van der Waals surface area contributed by atoms with Gasteiger partial charge in [-0.1, -0.05) is 36.4 Å². The maximum Gasteiger partial charge on any atom is 0.0799 e. The van der Waals surface area contributed by atoms with E-state index in [0.717, 1.165) is 21.9 Å². The normalized spacial score (nSPS) is 10.6. The van der Waals surface area contributed by atoms with Gasteiger partial charge >= 0.3 is 0 Å². The average molecular weight is 352 g/mol. The van der Waals surface area contributed by atoms with Gasteiger partial charge in [-0.05, 0) is 28.8 Å². The number of hydrogen-bond donors (Lipinski definition) is 1. The fourth-order valence-corrected chi connectivity index (χ4v) is 2.23. The molecule has 0 fully saturated rings. The Kier molecular flexibility index (Phi) is 7.37. The number of aryl methyl sites for hydroxylation is 1. The van der Waals surface area contributed by atoms with Gasteiger partial charge in [0.25, 0.3) is 0 Å². The summed E-state index contributed by atoms with van der Waals surface area (Å²) in [5.41, 5.74) is 2.06. The topological polar surface area (TPSA) is 46.2 Å². The molecule has 0 amide bonds. The van der Waals surface area contributed by atoms with E-state index in [9.17, 15) is 8.42 Å². The maximum atomic E-state index is 11.0. The van der Waals surface area contributed by atoms with Crippen molar-refractivity contribution in [1.29, 1.82) is 0 Å². The summed E-state index contributed by atoms with van der Waals surface area (Å²) in [6.07, 6.45) is 3.04. The van der Waals surface area contributed by atoms with Crippen LogP contribution in [0.25, 0.3) is 10.8 Å². The van der Waals surface area contributed by atoms with Gasteiger partial charge in [0.05, 0.1) is 10.0 Å². The van der Waals surface area contributed by atoms with Crippen LogP contribution in [-0.4, -0.2) is 8.42 Å². The second-order valence-corrected chi connectivity index (χ2v) is 5.52. The second-order valence-electron chi connectivity index (χ2n) is 4.01. The summed E-state index contributed by atoms with van der Waals surface area (Å²) in [5.74, 6) is 0. The SMILES string of the molecule is [CH2-]S(=O)(=O)NCc1ccc2ccccc2c1C.[CH3-].[Y]. The summed E-state index contributed by atoms with van der Waals surface area (Å²) < 4.78 is 24.3. The molecule has 0 aliphatic heterocycles. The first-order valence-corrected chi connectivity index (χ1v) is 6.92. The fraction of sp³-hybridized carbons (Fsp3) is 0.143. The van der Waals surface area contributed by atoms with Gasteiger partial charge in [-0.2, -0.15) is 0 Å². The van der Waals surface area contributed by atoms with Crippen LogP contribution >= 0.6 is 0 Å². The van der Waals surface area contributed by atoms with Crippen LogP contribution in [0.5, 0.6) is 0 Å². The number of sulfonamides is 1. The molecule has 0 saturated heterocycles. The van der Waals surface area contributed by atoms with Crippen LogP contribution in [0.3, 0.4) is 0 Å². The van der Waals surface area contributed by atoms with Gasteiger partial charge in [0.2, 0.25) is 0 Å². The van der Waals surface area contributed by atoms with E-state index in [0.29, 0.717) is 0 Å². The average Bonchev–Trinajstić information content (AvgIpc) is 2.27. The van der Waals surface area contributed by atoms with Crippen LogP contribution in [0.15, 0.2) is 36.4 Å². The van der Waals surface area contributed by atoms with E-state index in [2.05, 4.69) is 11.0 Å². The van der Waals surface area contributed by atoms with E-state index in [4.69, 9.17) is 0 Å². The van der Waals surface area contributed by atoms with Gasteiger partial charge in [-0.25, -0.2) is 19.4 Å². The molecule has 1 N–H and O–H groups in total. The Hall–Kier alpha value is -0.286. The summed E-state index contributed by atoms with van der Waals surface area (Å²) >= 11 is 0. The molecule has 2 aromatic rings. The molecule has 1 radical (unpaired) electrons.